The molecule has 174 valence electrons. The number of carbonyl (C=O) groups excluding carboxylic acids is 2. The van der Waals surface area contributed by atoms with E-state index in [4.69, 9.17) is 4.74 Å². The third-order valence-electron chi connectivity index (χ3n) is 4.51. The van der Waals surface area contributed by atoms with Crippen molar-refractivity contribution in [3.05, 3.63) is 66.9 Å². The van der Waals surface area contributed by atoms with Crippen LogP contribution in [0.25, 0.3) is 11.3 Å². The average Bonchev–Trinajstić information content (AvgIpc) is 3.18. The number of anilines is 1. The number of hydrogen-bond acceptors (Lipinski definition) is 5. The van der Waals surface area contributed by atoms with Gasteiger partial charge in [0.2, 0.25) is 5.91 Å². The first-order chi connectivity index (χ1) is 15.8. The van der Waals surface area contributed by atoms with Crippen LogP contribution in [0.5, 0.6) is 0 Å². The van der Waals surface area contributed by atoms with E-state index >= 15 is 0 Å². The minimum atomic E-state index is -4.47. The van der Waals surface area contributed by atoms with E-state index < -0.39 is 24.6 Å². The Morgan fingerprint density at radius 2 is 1.70 bits per heavy atom. The summed E-state index contributed by atoms with van der Waals surface area (Å²) >= 11 is 0.883. The number of thioether (sulfide) groups is 1. The van der Waals surface area contributed by atoms with Crippen molar-refractivity contribution in [2.45, 2.75) is 24.8 Å². The van der Waals surface area contributed by atoms with Gasteiger partial charge < -0.3 is 14.2 Å². The minimum Gasteiger partial charge on any atom is -0.465 e. The van der Waals surface area contributed by atoms with Crippen LogP contribution in [0.2, 0.25) is 0 Å². The molecule has 2 aromatic carbocycles. The van der Waals surface area contributed by atoms with E-state index in [0.717, 1.165) is 16.3 Å². The molecule has 3 aromatic rings. The summed E-state index contributed by atoms with van der Waals surface area (Å²) in [6.07, 6.45) is -3.11. The van der Waals surface area contributed by atoms with Crippen molar-refractivity contribution in [1.82, 2.24) is 9.55 Å². The number of amides is 1. The molecule has 0 saturated carbocycles. The number of para-hydroxylation sites is 1. The van der Waals surface area contributed by atoms with E-state index in [2.05, 4.69) is 4.98 Å². The highest BCUT2D eigenvalue weighted by atomic mass is 32.2. The van der Waals surface area contributed by atoms with Gasteiger partial charge in [-0.2, -0.15) is 13.2 Å². The van der Waals surface area contributed by atoms with Crippen molar-refractivity contribution in [3.8, 4) is 11.3 Å². The van der Waals surface area contributed by atoms with Gasteiger partial charge >= 0.3 is 12.1 Å². The van der Waals surface area contributed by atoms with Crippen LogP contribution in [-0.4, -0.2) is 46.5 Å². The van der Waals surface area contributed by atoms with Gasteiger partial charge in [-0.1, -0.05) is 60.3 Å². The van der Waals surface area contributed by atoms with E-state index in [1.165, 1.54) is 11.1 Å². The Morgan fingerprint density at radius 3 is 2.30 bits per heavy atom. The molecule has 0 bridgehead atoms. The Kier molecular flexibility index (Phi) is 8.16. The summed E-state index contributed by atoms with van der Waals surface area (Å²) in [5, 5.41) is 0.0590. The van der Waals surface area contributed by atoms with Gasteiger partial charge in [0.15, 0.2) is 5.16 Å². The Hall–Kier alpha value is -3.27. The monoisotopic (exact) mass is 477 g/mol. The molecule has 6 nitrogen and oxygen atoms in total. The second-order valence-electron chi connectivity index (χ2n) is 6.90. The van der Waals surface area contributed by atoms with E-state index in [0.29, 0.717) is 16.9 Å². The minimum absolute atomic E-state index is 0.0590. The molecule has 0 aliphatic heterocycles. The van der Waals surface area contributed by atoms with Crippen LogP contribution in [0.3, 0.4) is 0 Å². The third-order valence-corrected chi connectivity index (χ3v) is 5.49. The molecule has 10 heteroatoms. The first-order valence-corrected chi connectivity index (χ1v) is 11.1. The van der Waals surface area contributed by atoms with E-state index in [-0.39, 0.29) is 24.1 Å². The molecule has 0 N–H and O–H groups in total. The smallest absolute Gasteiger partial charge is 0.406 e. The predicted octanol–water partition coefficient (Wildman–Crippen LogP) is 4.80. The zero-order chi connectivity index (χ0) is 23.8. The van der Waals surface area contributed by atoms with Crippen LogP contribution in [0, 0.1) is 0 Å². The maximum Gasteiger partial charge on any atom is 0.406 e. The zero-order valence-electron chi connectivity index (χ0n) is 17.8. The lowest BCUT2D eigenvalue weighted by atomic mass is 10.2. The summed E-state index contributed by atoms with van der Waals surface area (Å²) < 4.78 is 45.8. The molecular weight excluding hydrogens is 455 g/mol. The van der Waals surface area contributed by atoms with Crippen molar-refractivity contribution in [2.75, 3.05) is 23.8 Å². The molecule has 0 aliphatic rings. The molecule has 3 rings (SSSR count). The van der Waals surface area contributed by atoms with E-state index in [1.54, 1.807) is 67.6 Å². The summed E-state index contributed by atoms with van der Waals surface area (Å²) in [6, 6.07) is 17.1. The topological polar surface area (TPSA) is 64.4 Å². The average molecular weight is 478 g/mol. The number of carbonyl (C=O) groups is 2. The molecule has 0 unspecified atom stereocenters. The highest BCUT2D eigenvalue weighted by molar-refractivity contribution is 7.99. The number of nitrogens with zero attached hydrogens (tertiary/aromatic N) is 3. The Labute approximate surface area is 193 Å². The van der Waals surface area contributed by atoms with Crippen molar-refractivity contribution in [1.29, 1.82) is 0 Å². The third kappa shape index (κ3) is 6.85. The summed E-state index contributed by atoms with van der Waals surface area (Å²) in [4.78, 5) is 30.4. The van der Waals surface area contributed by atoms with Gasteiger partial charge in [-0.15, -0.1) is 0 Å². The fourth-order valence-electron chi connectivity index (χ4n) is 3.12. The lowest BCUT2D eigenvalue weighted by Gasteiger charge is -2.22. The molecular formula is C23H22F3N3O3S. The highest BCUT2D eigenvalue weighted by Crippen LogP contribution is 2.30. The quantitative estimate of drug-likeness (QED) is 0.327. The lowest BCUT2D eigenvalue weighted by Crippen LogP contribution is -2.37. The fraction of sp³-hybridized carbons (Fsp3) is 0.261. The molecule has 0 fully saturated rings. The summed E-state index contributed by atoms with van der Waals surface area (Å²) in [6.45, 7) is 0.289. The molecule has 0 radical (unpaired) electrons. The first-order valence-electron chi connectivity index (χ1n) is 10.1. The molecule has 0 spiro atoms. The van der Waals surface area contributed by atoms with Gasteiger partial charge in [0.1, 0.15) is 13.1 Å². The van der Waals surface area contributed by atoms with Gasteiger partial charge in [-0.3, -0.25) is 9.59 Å². The van der Waals surface area contributed by atoms with Gasteiger partial charge in [-0.05, 0) is 24.6 Å². The van der Waals surface area contributed by atoms with Crippen LogP contribution in [0.4, 0.5) is 18.9 Å². The number of hydrogen-bond donors (Lipinski definition) is 0. The maximum atomic E-state index is 13.3. The lowest BCUT2D eigenvalue weighted by molar-refractivity contribution is -0.142. The van der Waals surface area contributed by atoms with E-state index in [1.807, 2.05) is 0 Å². The fourth-order valence-corrected chi connectivity index (χ4v) is 3.97. The molecule has 1 heterocycles. The summed E-state index contributed by atoms with van der Waals surface area (Å²) in [7, 11) is 0. The van der Waals surface area contributed by atoms with Crippen LogP contribution < -0.4 is 4.90 Å². The van der Waals surface area contributed by atoms with Gasteiger partial charge in [-0.25, -0.2) is 4.98 Å². The van der Waals surface area contributed by atoms with Crippen LogP contribution in [0.15, 0.2) is 72.0 Å². The number of ether oxygens (including phenoxy) is 1. The number of alkyl halides is 3. The largest absolute Gasteiger partial charge is 0.465 e. The first kappa shape index (κ1) is 24.4. The Bertz CT molecular complexity index is 1070. The number of esters is 1. The van der Waals surface area contributed by atoms with Gasteiger partial charge in [0, 0.05) is 5.69 Å². The molecule has 1 amide bonds. The number of rotatable bonds is 9. The molecule has 0 atom stereocenters. The second-order valence-corrected chi connectivity index (χ2v) is 7.84. The van der Waals surface area contributed by atoms with Gasteiger partial charge in [0.25, 0.3) is 0 Å². The Morgan fingerprint density at radius 1 is 1.06 bits per heavy atom. The van der Waals surface area contributed by atoms with Gasteiger partial charge in [0.05, 0.1) is 24.3 Å². The van der Waals surface area contributed by atoms with Crippen LogP contribution >= 0.6 is 11.8 Å². The predicted molar refractivity (Wildman–Crippen MR) is 120 cm³/mol. The highest BCUT2D eigenvalue weighted by Gasteiger charge is 2.31. The maximum absolute atomic E-state index is 13.3. The molecule has 1 aromatic heterocycles. The Balaban J connectivity index is 1.82. The number of imidazole rings is 1. The van der Waals surface area contributed by atoms with Crippen molar-refractivity contribution >= 4 is 29.3 Å². The molecule has 33 heavy (non-hydrogen) atoms. The van der Waals surface area contributed by atoms with Crippen molar-refractivity contribution in [3.63, 3.8) is 0 Å². The van der Waals surface area contributed by atoms with Crippen molar-refractivity contribution < 1.29 is 27.5 Å². The number of benzene rings is 2. The normalized spacial score (nSPS) is 11.3. The molecule has 0 aliphatic carbocycles. The van der Waals surface area contributed by atoms with Crippen molar-refractivity contribution in [2.24, 2.45) is 0 Å². The van der Waals surface area contributed by atoms with Crippen LogP contribution in [-0.2, 0) is 20.9 Å². The van der Waals surface area contributed by atoms with Crippen LogP contribution in [0.1, 0.15) is 6.92 Å². The summed E-state index contributed by atoms with van der Waals surface area (Å²) in [5.41, 5.74) is 1.37. The SMILES string of the molecule is CCOC(=O)CN(C(=O)CSc1ncc(-c2ccccc2)n1CC(F)(F)F)c1ccccc1. The van der Waals surface area contributed by atoms with E-state index in [9.17, 15) is 22.8 Å². The molecule has 0 saturated heterocycles. The summed E-state index contributed by atoms with van der Waals surface area (Å²) in [5.74, 6) is -1.25. The zero-order valence-corrected chi connectivity index (χ0v) is 18.6. The number of halogens is 3. The second kappa shape index (κ2) is 11.0. The number of aromatic nitrogens is 2. The standard InChI is InChI=1S/C23H22F3N3O3S/c1-2-32-21(31)14-28(18-11-7-4-8-12-18)20(30)15-33-22-27-13-19(17-9-5-3-6-10-17)29(22)16-23(24,25)26/h3-13H,2,14-16H2,1H3.